The fourth-order valence-corrected chi connectivity index (χ4v) is 4.21. The van der Waals surface area contributed by atoms with Crippen LogP contribution in [0.25, 0.3) is 10.1 Å². The second kappa shape index (κ2) is 9.72. The van der Waals surface area contributed by atoms with Crippen LogP contribution in [-0.4, -0.2) is 55.5 Å². The highest BCUT2D eigenvalue weighted by Crippen LogP contribution is 2.22. The molecule has 1 saturated heterocycles. The first-order valence-corrected chi connectivity index (χ1v) is 11.0. The Kier molecular flexibility index (Phi) is 7.32. The topological polar surface area (TPSA) is 50.8 Å². The van der Waals surface area contributed by atoms with Crippen LogP contribution >= 0.6 is 11.3 Å². The Balaban J connectivity index is 1.25. The molecule has 0 bridgehead atoms. The molecule has 1 amide bonds. The van der Waals surface area contributed by atoms with Crippen LogP contribution in [-0.2, 0) is 15.9 Å². The van der Waals surface area contributed by atoms with Gasteiger partial charge in [0.1, 0.15) is 6.10 Å². The van der Waals surface area contributed by atoms with Gasteiger partial charge in [0.05, 0.1) is 6.61 Å². The number of amides is 1. The van der Waals surface area contributed by atoms with Gasteiger partial charge in [-0.25, -0.2) is 4.79 Å². The fourth-order valence-electron chi connectivity index (χ4n) is 3.44. The van der Waals surface area contributed by atoms with Crippen molar-refractivity contribution in [2.45, 2.75) is 51.7 Å². The molecule has 6 heteroatoms. The van der Waals surface area contributed by atoms with Gasteiger partial charge in [-0.3, -0.25) is 4.90 Å². The third kappa shape index (κ3) is 6.76. The molecule has 0 spiro atoms. The number of thiophene rings is 1. The number of ether oxygens (including phenoxy) is 2. The summed E-state index contributed by atoms with van der Waals surface area (Å²) in [4.78, 5) is 14.2. The lowest BCUT2D eigenvalue weighted by Crippen LogP contribution is -2.42. The van der Waals surface area contributed by atoms with E-state index in [4.69, 9.17) is 9.47 Å². The SMILES string of the molecule is CC(C)(C)NC(=O)OC1CCN(CCCOCCc2ccc3sccc3c2)C1. The maximum absolute atomic E-state index is 11.9. The average molecular weight is 405 g/mol. The number of carbonyl (C=O) groups excluding carboxylic acids is 1. The standard InChI is InChI=1S/C22H32N2O3S/c1-22(2,3)23-21(25)27-19-7-11-24(16-19)10-4-12-26-13-8-17-5-6-20-18(15-17)9-14-28-20/h5-6,9,14-15,19H,4,7-8,10-13,16H2,1-3H3,(H,23,25). The Morgan fingerprint density at radius 3 is 2.96 bits per heavy atom. The van der Waals surface area contributed by atoms with Gasteiger partial charge in [0, 0.05) is 36.5 Å². The highest BCUT2D eigenvalue weighted by atomic mass is 32.1. The van der Waals surface area contributed by atoms with Crippen LogP contribution in [0.5, 0.6) is 0 Å². The fraction of sp³-hybridized carbons (Fsp3) is 0.591. The van der Waals surface area contributed by atoms with Crippen LogP contribution in [0.1, 0.15) is 39.2 Å². The van der Waals surface area contributed by atoms with Gasteiger partial charge in [0.15, 0.2) is 0 Å². The monoisotopic (exact) mass is 404 g/mol. The Hall–Kier alpha value is -1.63. The smallest absolute Gasteiger partial charge is 0.407 e. The molecular weight excluding hydrogens is 372 g/mol. The van der Waals surface area contributed by atoms with Gasteiger partial charge in [-0.2, -0.15) is 0 Å². The Bertz CT molecular complexity index is 768. The van der Waals surface area contributed by atoms with Gasteiger partial charge in [-0.15, -0.1) is 11.3 Å². The molecule has 28 heavy (non-hydrogen) atoms. The van der Waals surface area contributed by atoms with E-state index in [2.05, 4.69) is 39.9 Å². The summed E-state index contributed by atoms with van der Waals surface area (Å²) in [7, 11) is 0. The minimum absolute atomic E-state index is 0.00436. The van der Waals surface area contributed by atoms with E-state index in [1.807, 2.05) is 20.8 Å². The van der Waals surface area contributed by atoms with Gasteiger partial charge in [0.2, 0.25) is 0 Å². The number of nitrogens with zero attached hydrogens (tertiary/aromatic N) is 1. The molecule has 1 aromatic heterocycles. The molecule has 1 N–H and O–H groups in total. The van der Waals surface area contributed by atoms with Crippen molar-refractivity contribution in [1.29, 1.82) is 0 Å². The van der Waals surface area contributed by atoms with Crippen molar-refractivity contribution in [3.63, 3.8) is 0 Å². The van der Waals surface area contributed by atoms with Gasteiger partial charge in [0.25, 0.3) is 0 Å². The zero-order chi connectivity index (χ0) is 20.0. The second-order valence-electron chi connectivity index (χ2n) is 8.50. The zero-order valence-corrected chi connectivity index (χ0v) is 18.0. The summed E-state index contributed by atoms with van der Waals surface area (Å²) in [5.74, 6) is 0. The lowest BCUT2D eigenvalue weighted by atomic mass is 10.1. The Labute approximate surface area is 172 Å². The summed E-state index contributed by atoms with van der Waals surface area (Å²) in [6.45, 7) is 10.2. The minimum Gasteiger partial charge on any atom is -0.445 e. The molecule has 1 fully saturated rings. The summed E-state index contributed by atoms with van der Waals surface area (Å²) in [6.07, 6.45) is 2.54. The molecule has 2 aromatic rings. The van der Waals surface area contributed by atoms with Crippen molar-refractivity contribution >= 4 is 27.5 Å². The first-order valence-electron chi connectivity index (χ1n) is 10.1. The third-order valence-electron chi connectivity index (χ3n) is 4.79. The molecule has 1 aliphatic rings. The summed E-state index contributed by atoms with van der Waals surface area (Å²) >= 11 is 1.78. The molecule has 0 radical (unpaired) electrons. The van der Waals surface area contributed by atoms with Crippen molar-refractivity contribution in [2.75, 3.05) is 32.8 Å². The van der Waals surface area contributed by atoms with Crippen LogP contribution in [0.15, 0.2) is 29.6 Å². The molecular formula is C22H32N2O3S. The predicted molar refractivity (Wildman–Crippen MR) is 115 cm³/mol. The first kappa shape index (κ1) is 21.1. The number of hydrogen-bond donors (Lipinski definition) is 1. The van der Waals surface area contributed by atoms with Crippen molar-refractivity contribution in [3.05, 3.63) is 35.2 Å². The number of alkyl carbamates (subject to hydrolysis) is 1. The van der Waals surface area contributed by atoms with Gasteiger partial charge >= 0.3 is 6.09 Å². The van der Waals surface area contributed by atoms with Crippen LogP contribution < -0.4 is 5.32 Å². The number of fused-ring (bicyclic) bond motifs is 1. The number of carbonyl (C=O) groups is 1. The average Bonchev–Trinajstić information content (AvgIpc) is 3.25. The number of rotatable bonds is 8. The molecule has 1 aromatic carbocycles. The van der Waals surface area contributed by atoms with E-state index in [9.17, 15) is 4.79 Å². The normalized spacial score (nSPS) is 17.9. The van der Waals surface area contributed by atoms with E-state index in [1.165, 1.54) is 15.6 Å². The molecule has 2 heterocycles. The van der Waals surface area contributed by atoms with E-state index >= 15 is 0 Å². The molecule has 0 aliphatic carbocycles. The Morgan fingerprint density at radius 1 is 1.29 bits per heavy atom. The molecule has 1 aliphatic heterocycles. The second-order valence-corrected chi connectivity index (χ2v) is 9.45. The largest absolute Gasteiger partial charge is 0.445 e. The molecule has 1 unspecified atom stereocenters. The van der Waals surface area contributed by atoms with Crippen LogP contribution in [0.4, 0.5) is 4.79 Å². The number of benzene rings is 1. The summed E-state index contributed by atoms with van der Waals surface area (Å²) in [6, 6.07) is 8.82. The van der Waals surface area contributed by atoms with Crippen LogP contribution in [0.3, 0.4) is 0 Å². The van der Waals surface area contributed by atoms with Crippen LogP contribution in [0.2, 0.25) is 0 Å². The van der Waals surface area contributed by atoms with Crippen molar-refractivity contribution in [2.24, 2.45) is 0 Å². The lowest BCUT2D eigenvalue weighted by Gasteiger charge is -2.22. The highest BCUT2D eigenvalue weighted by Gasteiger charge is 2.26. The third-order valence-corrected chi connectivity index (χ3v) is 5.69. The quantitative estimate of drug-likeness (QED) is 0.661. The zero-order valence-electron chi connectivity index (χ0n) is 17.2. The van der Waals surface area contributed by atoms with Gasteiger partial charge in [-0.05, 0) is 68.5 Å². The van der Waals surface area contributed by atoms with E-state index in [-0.39, 0.29) is 17.7 Å². The van der Waals surface area contributed by atoms with E-state index in [0.717, 1.165) is 52.1 Å². The number of likely N-dealkylation sites (tertiary alicyclic amines) is 1. The predicted octanol–water partition coefficient (Wildman–Crippen LogP) is 4.45. The lowest BCUT2D eigenvalue weighted by molar-refractivity contribution is 0.0915. The van der Waals surface area contributed by atoms with Crippen molar-refractivity contribution in [1.82, 2.24) is 10.2 Å². The van der Waals surface area contributed by atoms with Crippen LogP contribution in [0, 0.1) is 0 Å². The molecule has 0 saturated carbocycles. The van der Waals surface area contributed by atoms with E-state index < -0.39 is 0 Å². The van der Waals surface area contributed by atoms with Crippen molar-refractivity contribution < 1.29 is 14.3 Å². The molecule has 5 nitrogen and oxygen atoms in total. The van der Waals surface area contributed by atoms with Crippen molar-refractivity contribution in [3.8, 4) is 0 Å². The summed E-state index contributed by atoms with van der Waals surface area (Å²) in [5.41, 5.74) is 1.07. The van der Waals surface area contributed by atoms with Gasteiger partial charge < -0.3 is 14.8 Å². The first-order chi connectivity index (χ1) is 13.4. The Morgan fingerprint density at radius 2 is 2.14 bits per heavy atom. The number of hydrogen-bond acceptors (Lipinski definition) is 5. The highest BCUT2D eigenvalue weighted by molar-refractivity contribution is 7.17. The molecule has 154 valence electrons. The van der Waals surface area contributed by atoms with E-state index in [0.29, 0.717) is 0 Å². The maximum Gasteiger partial charge on any atom is 0.407 e. The van der Waals surface area contributed by atoms with Gasteiger partial charge in [-0.1, -0.05) is 12.1 Å². The summed E-state index contributed by atoms with van der Waals surface area (Å²) in [5, 5.41) is 6.31. The molecule has 3 rings (SSSR count). The van der Waals surface area contributed by atoms with E-state index in [1.54, 1.807) is 11.3 Å². The molecule has 1 atom stereocenters. The summed E-state index contributed by atoms with van der Waals surface area (Å²) < 4.78 is 12.7. The number of nitrogens with one attached hydrogen (secondary N) is 1. The minimum atomic E-state index is -0.316. The maximum atomic E-state index is 11.9.